The van der Waals surface area contributed by atoms with E-state index in [1.54, 1.807) is 12.1 Å². The molecule has 1 aromatic rings. The van der Waals surface area contributed by atoms with Crippen LogP contribution in [-0.4, -0.2) is 23.8 Å². The van der Waals surface area contributed by atoms with E-state index < -0.39 is 0 Å². The highest BCUT2D eigenvalue weighted by molar-refractivity contribution is 6.30. The van der Waals surface area contributed by atoms with Gasteiger partial charge in [0.05, 0.1) is 0 Å². The second kappa shape index (κ2) is 6.61. The number of amides is 2. The van der Waals surface area contributed by atoms with Crippen molar-refractivity contribution >= 4 is 23.3 Å². The van der Waals surface area contributed by atoms with Gasteiger partial charge in [-0.05, 0) is 50.5 Å². The Morgan fingerprint density at radius 2 is 1.94 bits per heavy atom. The lowest BCUT2D eigenvalue weighted by atomic mass is 10.1. The fraction of sp³-hybridized carbons (Fsp3) is 0.462. The summed E-state index contributed by atoms with van der Waals surface area (Å²) in [5, 5.41) is 15.0. The number of aliphatic hydroxyl groups excluding tert-OH is 1. The van der Waals surface area contributed by atoms with Crippen LogP contribution in [0, 0.1) is 13.8 Å². The minimum Gasteiger partial charge on any atom is -0.396 e. The molecule has 0 saturated carbocycles. The molecule has 0 radical (unpaired) electrons. The van der Waals surface area contributed by atoms with Gasteiger partial charge in [0.1, 0.15) is 0 Å². The molecular weight excluding hydrogens is 252 g/mol. The van der Waals surface area contributed by atoms with Crippen molar-refractivity contribution < 1.29 is 9.90 Å². The maximum absolute atomic E-state index is 11.8. The Bertz CT molecular complexity index is 412. The Morgan fingerprint density at radius 1 is 1.39 bits per heavy atom. The Hall–Kier alpha value is -1.26. The van der Waals surface area contributed by atoms with Crippen LogP contribution in [0.1, 0.15) is 24.5 Å². The number of hydrogen-bond acceptors (Lipinski definition) is 2. The molecule has 0 saturated heterocycles. The van der Waals surface area contributed by atoms with E-state index in [2.05, 4.69) is 10.6 Å². The number of carbonyl (C=O) groups is 1. The summed E-state index contributed by atoms with van der Waals surface area (Å²) >= 11 is 5.93. The molecule has 100 valence electrons. The van der Waals surface area contributed by atoms with Crippen LogP contribution in [-0.2, 0) is 0 Å². The lowest BCUT2D eigenvalue weighted by molar-refractivity contribution is 0.241. The lowest BCUT2D eigenvalue weighted by Crippen LogP contribution is -2.36. The van der Waals surface area contributed by atoms with Crippen molar-refractivity contribution in [3.05, 3.63) is 28.3 Å². The molecule has 0 bridgehead atoms. The highest BCUT2D eigenvalue weighted by Crippen LogP contribution is 2.24. The fourth-order valence-electron chi connectivity index (χ4n) is 1.75. The van der Waals surface area contributed by atoms with Gasteiger partial charge >= 0.3 is 6.03 Å². The summed E-state index contributed by atoms with van der Waals surface area (Å²) < 4.78 is 0. The van der Waals surface area contributed by atoms with Gasteiger partial charge in [-0.3, -0.25) is 0 Å². The van der Waals surface area contributed by atoms with Crippen molar-refractivity contribution in [1.82, 2.24) is 5.32 Å². The van der Waals surface area contributed by atoms with Gasteiger partial charge in [0.25, 0.3) is 0 Å². The van der Waals surface area contributed by atoms with Gasteiger partial charge in [-0.1, -0.05) is 11.6 Å². The molecule has 5 heteroatoms. The summed E-state index contributed by atoms with van der Waals surface area (Å²) in [5.41, 5.74) is 2.61. The minimum atomic E-state index is -0.274. The first-order valence-electron chi connectivity index (χ1n) is 5.89. The molecule has 0 aliphatic heterocycles. The van der Waals surface area contributed by atoms with Crippen LogP contribution in [0.4, 0.5) is 10.5 Å². The van der Waals surface area contributed by atoms with Gasteiger partial charge in [0.15, 0.2) is 0 Å². The van der Waals surface area contributed by atoms with Crippen LogP contribution in [0.15, 0.2) is 12.1 Å². The van der Waals surface area contributed by atoms with Gasteiger partial charge in [-0.15, -0.1) is 0 Å². The molecule has 3 N–H and O–H groups in total. The van der Waals surface area contributed by atoms with Gasteiger partial charge in [-0.2, -0.15) is 0 Å². The third kappa shape index (κ3) is 4.20. The van der Waals surface area contributed by atoms with Crippen LogP contribution in [0.3, 0.4) is 0 Å². The maximum Gasteiger partial charge on any atom is 0.319 e. The molecule has 0 heterocycles. The topological polar surface area (TPSA) is 61.4 Å². The largest absolute Gasteiger partial charge is 0.396 e. The third-order valence-electron chi connectivity index (χ3n) is 2.68. The molecule has 0 aliphatic rings. The van der Waals surface area contributed by atoms with Crippen molar-refractivity contribution in [2.45, 2.75) is 33.2 Å². The highest BCUT2D eigenvalue weighted by Gasteiger charge is 2.10. The number of halogens is 1. The minimum absolute atomic E-state index is 0.0560. The zero-order valence-corrected chi connectivity index (χ0v) is 11.6. The summed E-state index contributed by atoms with van der Waals surface area (Å²) in [4.78, 5) is 11.8. The van der Waals surface area contributed by atoms with Crippen LogP contribution in [0.25, 0.3) is 0 Å². The van der Waals surface area contributed by atoms with Gasteiger partial charge in [0, 0.05) is 23.4 Å². The van der Waals surface area contributed by atoms with Gasteiger partial charge in [0.2, 0.25) is 0 Å². The number of carbonyl (C=O) groups excluding carboxylic acids is 1. The van der Waals surface area contributed by atoms with E-state index in [0.29, 0.717) is 11.4 Å². The van der Waals surface area contributed by atoms with Crippen LogP contribution in [0.2, 0.25) is 5.02 Å². The van der Waals surface area contributed by atoms with Gasteiger partial charge in [-0.25, -0.2) is 4.79 Å². The molecule has 18 heavy (non-hydrogen) atoms. The first-order chi connectivity index (χ1) is 8.43. The second-order valence-electron chi connectivity index (χ2n) is 4.43. The Kier molecular flexibility index (Phi) is 5.44. The summed E-state index contributed by atoms with van der Waals surface area (Å²) in [5.74, 6) is 0. The van der Waals surface area contributed by atoms with Crippen LogP contribution in [0.5, 0.6) is 0 Å². The number of aliphatic hydroxyl groups is 1. The van der Waals surface area contributed by atoms with Crippen molar-refractivity contribution in [3.8, 4) is 0 Å². The third-order valence-corrected chi connectivity index (χ3v) is 2.89. The zero-order chi connectivity index (χ0) is 13.7. The van der Waals surface area contributed by atoms with E-state index in [1.165, 1.54) is 0 Å². The van der Waals surface area contributed by atoms with E-state index in [1.807, 2.05) is 20.8 Å². The van der Waals surface area contributed by atoms with E-state index >= 15 is 0 Å². The van der Waals surface area contributed by atoms with Crippen LogP contribution < -0.4 is 10.6 Å². The zero-order valence-electron chi connectivity index (χ0n) is 10.9. The lowest BCUT2D eigenvalue weighted by Gasteiger charge is -2.16. The number of urea groups is 1. The molecule has 0 spiro atoms. The van der Waals surface area contributed by atoms with Gasteiger partial charge < -0.3 is 15.7 Å². The Labute approximate surface area is 112 Å². The highest BCUT2D eigenvalue weighted by atomic mass is 35.5. The predicted octanol–water partition coefficient (Wildman–Crippen LogP) is 2.85. The average Bonchev–Trinajstić information content (AvgIpc) is 2.23. The number of hydrogen-bond donors (Lipinski definition) is 3. The monoisotopic (exact) mass is 270 g/mol. The van der Waals surface area contributed by atoms with Crippen molar-refractivity contribution in [2.24, 2.45) is 0 Å². The first-order valence-corrected chi connectivity index (χ1v) is 6.27. The van der Waals surface area contributed by atoms with Crippen molar-refractivity contribution in [1.29, 1.82) is 0 Å². The molecule has 0 aliphatic carbocycles. The van der Waals surface area contributed by atoms with E-state index in [9.17, 15) is 4.79 Å². The number of rotatable bonds is 4. The summed E-state index contributed by atoms with van der Waals surface area (Å²) in [6.07, 6.45) is 0.534. The smallest absolute Gasteiger partial charge is 0.319 e. The number of benzene rings is 1. The SMILES string of the molecule is Cc1cc(Cl)cc(C)c1NC(=O)N[C@H](C)CCO. The molecule has 1 rings (SSSR count). The molecule has 0 unspecified atom stereocenters. The predicted molar refractivity (Wildman–Crippen MR) is 74.2 cm³/mol. The summed E-state index contributed by atoms with van der Waals surface area (Å²) in [6.45, 7) is 5.69. The van der Waals surface area contributed by atoms with E-state index in [-0.39, 0.29) is 18.7 Å². The quantitative estimate of drug-likeness (QED) is 0.788. The standard InChI is InChI=1S/C13H19ClN2O2/c1-8-6-11(14)7-9(2)12(8)16-13(18)15-10(3)4-5-17/h6-7,10,17H,4-5H2,1-3H3,(H2,15,16,18)/t10-/m1/s1. The normalized spacial score (nSPS) is 12.1. The average molecular weight is 271 g/mol. The molecule has 4 nitrogen and oxygen atoms in total. The Morgan fingerprint density at radius 3 is 2.44 bits per heavy atom. The fourth-order valence-corrected chi connectivity index (χ4v) is 2.07. The van der Waals surface area contributed by atoms with E-state index in [0.717, 1.165) is 16.8 Å². The second-order valence-corrected chi connectivity index (χ2v) is 4.86. The summed E-state index contributed by atoms with van der Waals surface area (Å²) in [6, 6.07) is 3.27. The first kappa shape index (κ1) is 14.8. The van der Waals surface area contributed by atoms with E-state index in [4.69, 9.17) is 16.7 Å². The molecule has 1 aromatic carbocycles. The molecule has 1 atom stereocenters. The maximum atomic E-state index is 11.8. The Balaban J connectivity index is 2.70. The number of anilines is 1. The van der Waals surface area contributed by atoms with Crippen molar-refractivity contribution in [3.63, 3.8) is 0 Å². The molecule has 0 aromatic heterocycles. The molecule has 0 fully saturated rings. The number of aryl methyl sites for hydroxylation is 2. The molecular formula is C13H19ClN2O2. The summed E-state index contributed by atoms with van der Waals surface area (Å²) in [7, 11) is 0. The van der Waals surface area contributed by atoms with Crippen molar-refractivity contribution in [2.75, 3.05) is 11.9 Å². The van der Waals surface area contributed by atoms with Crippen LogP contribution >= 0.6 is 11.6 Å². The number of nitrogens with one attached hydrogen (secondary N) is 2. The molecule has 2 amide bonds.